The van der Waals surface area contributed by atoms with Gasteiger partial charge >= 0.3 is 0 Å². The summed E-state index contributed by atoms with van der Waals surface area (Å²) in [5.74, 6) is 0. The third-order valence-corrected chi connectivity index (χ3v) is 5.37. The van der Waals surface area contributed by atoms with E-state index in [0.717, 1.165) is 11.1 Å². The second-order valence-corrected chi connectivity index (χ2v) is 7.28. The van der Waals surface area contributed by atoms with E-state index in [-0.39, 0.29) is 4.90 Å². The van der Waals surface area contributed by atoms with Gasteiger partial charge < -0.3 is 5.73 Å². The van der Waals surface area contributed by atoms with E-state index in [4.69, 9.17) is 5.73 Å². The van der Waals surface area contributed by atoms with Gasteiger partial charge in [0.25, 0.3) is 0 Å². The molecule has 112 valence electrons. The number of aryl methyl sites for hydroxylation is 2. The molecule has 0 unspecified atom stereocenters. The summed E-state index contributed by atoms with van der Waals surface area (Å²) < 4.78 is 26.6. The predicted molar refractivity (Wildman–Crippen MR) is 85.4 cm³/mol. The Morgan fingerprint density at radius 2 is 1.67 bits per heavy atom. The van der Waals surface area contributed by atoms with Crippen molar-refractivity contribution in [2.45, 2.75) is 25.3 Å². The SMILES string of the molecule is Cc1ccc(CN(C)S(=O)(=O)c2cc(N)ccc2C)cc1. The number of hydrogen-bond donors (Lipinski definition) is 1. The molecule has 0 fully saturated rings. The summed E-state index contributed by atoms with van der Waals surface area (Å²) in [6.45, 7) is 4.10. The van der Waals surface area contributed by atoms with E-state index in [1.165, 1.54) is 10.4 Å². The molecule has 2 aromatic rings. The zero-order valence-electron chi connectivity index (χ0n) is 12.5. The lowest BCUT2D eigenvalue weighted by Crippen LogP contribution is -2.27. The largest absolute Gasteiger partial charge is 0.399 e. The molecule has 2 N–H and O–H groups in total. The first-order chi connectivity index (χ1) is 9.80. The van der Waals surface area contributed by atoms with Crippen LogP contribution >= 0.6 is 0 Å². The quantitative estimate of drug-likeness (QED) is 0.883. The molecule has 0 aromatic heterocycles. The average molecular weight is 304 g/mol. The van der Waals surface area contributed by atoms with Gasteiger partial charge in [0, 0.05) is 19.3 Å². The van der Waals surface area contributed by atoms with Crippen molar-refractivity contribution in [1.82, 2.24) is 4.31 Å². The van der Waals surface area contributed by atoms with Crippen LogP contribution in [0.3, 0.4) is 0 Å². The number of hydrogen-bond acceptors (Lipinski definition) is 3. The maximum Gasteiger partial charge on any atom is 0.243 e. The molecule has 0 radical (unpaired) electrons. The van der Waals surface area contributed by atoms with E-state index in [0.29, 0.717) is 17.8 Å². The van der Waals surface area contributed by atoms with Gasteiger partial charge in [-0.3, -0.25) is 0 Å². The molecule has 0 spiro atoms. The molecule has 2 aromatic carbocycles. The highest BCUT2D eigenvalue weighted by Crippen LogP contribution is 2.22. The van der Waals surface area contributed by atoms with Gasteiger partial charge in [0.15, 0.2) is 0 Å². The van der Waals surface area contributed by atoms with Crippen molar-refractivity contribution >= 4 is 15.7 Å². The van der Waals surface area contributed by atoms with Crippen LogP contribution in [0.1, 0.15) is 16.7 Å². The average Bonchev–Trinajstić information content (AvgIpc) is 2.43. The van der Waals surface area contributed by atoms with Crippen LogP contribution in [0.5, 0.6) is 0 Å². The molecule has 5 heteroatoms. The van der Waals surface area contributed by atoms with Gasteiger partial charge in [0.2, 0.25) is 10.0 Å². The molecule has 0 aliphatic carbocycles. The molecule has 2 rings (SSSR count). The minimum atomic E-state index is -3.55. The molecule has 0 aliphatic rings. The third kappa shape index (κ3) is 3.43. The van der Waals surface area contributed by atoms with Crippen molar-refractivity contribution in [1.29, 1.82) is 0 Å². The zero-order chi connectivity index (χ0) is 15.6. The summed E-state index contributed by atoms with van der Waals surface area (Å²) in [5, 5.41) is 0. The monoisotopic (exact) mass is 304 g/mol. The standard InChI is InChI=1S/C16H20N2O2S/c1-12-4-7-14(8-5-12)11-18(3)21(19,20)16-10-15(17)9-6-13(16)2/h4-10H,11,17H2,1-3H3. The highest BCUT2D eigenvalue weighted by atomic mass is 32.2. The van der Waals surface area contributed by atoms with Crippen molar-refractivity contribution in [3.8, 4) is 0 Å². The second kappa shape index (κ2) is 5.87. The Bertz CT molecular complexity index is 737. The van der Waals surface area contributed by atoms with Crippen LogP contribution < -0.4 is 5.73 Å². The van der Waals surface area contributed by atoms with Gasteiger partial charge in [-0.2, -0.15) is 4.31 Å². The fourth-order valence-electron chi connectivity index (χ4n) is 2.10. The fraction of sp³-hybridized carbons (Fsp3) is 0.250. The van der Waals surface area contributed by atoms with Crippen LogP contribution in [-0.2, 0) is 16.6 Å². The number of anilines is 1. The zero-order valence-corrected chi connectivity index (χ0v) is 13.3. The summed E-state index contributed by atoms with van der Waals surface area (Å²) in [4.78, 5) is 0.261. The highest BCUT2D eigenvalue weighted by Gasteiger charge is 2.23. The number of benzene rings is 2. The van der Waals surface area contributed by atoms with Gasteiger partial charge in [-0.25, -0.2) is 8.42 Å². The highest BCUT2D eigenvalue weighted by molar-refractivity contribution is 7.89. The van der Waals surface area contributed by atoms with Crippen LogP contribution in [0.4, 0.5) is 5.69 Å². The lowest BCUT2D eigenvalue weighted by atomic mass is 10.1. The topological polar surface area (TPSA) is 63.4 Å². The van der Waals surface area contributed by atoms with Gasteiger partial charge in [0.05, 0.1) is 4.90 Å². The predicted octanol–water partition coefficient (Wildman–Crippen LogP) is 2.71. The molecule has 4 nitrogen and oxygen atoms in total. The molecule has 0 amide bonds. The first-order valence-corrected chi connectivity index (χ1v) is 8.13. The molecule has 0 saturated carbocycles. The molecule has 0 heterocycles. The number of nitrogens with zero attached hydrogens (tertiary/aromatic N) is 1. The molecule has 21 heavy (non-hydrogen) atoms. The van der Waals surface area contributed by atoms with E-state index < -0.39 is 10.0 Å². The van der Waals surface area contributed by atoms with E-state index >= 15 is 0 Å². The molecular weight excluding hydrogens is 284 g/mol. The van der Waals surface area contributed by atoms with Crippen LogP contribution in [0.15, 0.2) is 47.4 Å². The van der Waals surface area contributed by atoms with Gasteiger partial charge in [-0.05, 0) is 37.1 Å². The number of nitrogen functional groups attached to an aromatic ring is 1. The minimum absolute atomic E-state index is 0.261. The summed E-state index contributed by atoms with van der Waals surface area (Å²) in [6.07, 6.45) is 0. The lowest BCUT2D eigenvalue weighted by Gasteiger charge is -2.19. The third-order valence-electron chi connectivity index (χ3n) is 3.43. The van der Waals surface area contributed by atoms with Gasteiger partial charge in [-0.15, -0.1) is 0 Å². The van der Waals surface area contributed by atoms with Crippen LogP contribution in [0.25, 0.3) is 0 Å². The number of sulfonamides is 1. The smallest absolute Gasteiger partial charge is 0.243 e. The Morgan fingerprint density at radius 1 is 1.05 bits per heavy atom. The Labute approximate surface area is 126 Å². The Kier molecular flexibility index (Phi) is 4.34. The maximum atomic E-state index is 12.6. The number of nitrogens with two attached hydrogens (primary N) is 1. The fourth-order valence-corrected chi connectivity index (χ4v) is 3.51. The minimum Gasteiger partial charge on any atom is -0.399 e. The second-order valence-electron chi connectivity index (χ2n) is 5.27. The molecule has 0 aliphatic heterocycles. The van der Waals surface area contributed by atoms with Gasteiger partial charge in [-0.1, -0.05) is 35.9 Å². The molecule has 0 atom stereocenters. The molecular formula is C16H20N2O2S. The molecule has 0 bridgehead atoms. The van der Waals surface area contributed by atoms with E-state index in [1.54, 1.807) is 26.1 Å². The number of rotatable bonds is 4. The molecule has 0 saturated heterocycles. The van der Waals surface area contributed by atoms with Crippen LogP contribution in [-0.4, -0.2) is 19.8 Å². The van der Waals surface area contributed by atoms with Crippen LogP contribution in [0.2, 0.25) is 0 Å². The van der Waals surface area contributed by atoms with Crippen molar-refractivity contribution in [2.75, 3.05) is 12.8 Å². The Hall–Kier alpha value is -1.85. The summed E-state index contributed by atoms with van der Waals surface area (Å²) in [6, 6.07) is 12.8. The first kappa shape index (κ1) is 15.5. The van der Waals surface area contributed by atoms with Gasteiger partial charge in [0.1, 0.15) is 0 Å². The normalized spacial score (nSPS) is 11.8. The Balaban J connectivity index is 2.30. The van der Waals surface area contributed by atoms with E-state index in [2.05, 4.69) is 0 Å². The Morgan fingerprint density at radius 3 is 2.29 bits per heavy atom. The summed E-state index contributed by atoms with van der Waals surface area (Å²) in [5.41, 5.74) is 8.95. The van der Waals surface area contributed by atoms with Crippen LogP contribution in [0, 0.1) is 13.8 Å². The van der Waals surface area contributed by atoms with E-state index in [9.17, 15) is 8.42 Å². The van der Waals surface area contributed by atoms with Crippen molar-refractivity contribution < 1.29 is 8.42 Å². The summed E-state index contributed by atoms with van der Waals surface area (Å²) >= 11 is 0. The summed E-state index contributed by atoms with van der Waals surface area (Å²) in [7, 11) is -1.97. The van der Waals surface area contributed by atoms with Crippen molar-refractivity contribution in [3.05, 3.63) is 59.2 Å². The lowest BCUT2D eigenvalue weighted by molar-refractivity contribution is 0.466. The van der Waals surface area contributed by atoms with E-state index in [1.807, 2.05) is 31.2 Å². The van der Waals surface area contributed by atoms with Crippen molar-refractivity contribution in [2.24, 2.45) is 0 Å². The van der Waals surface area contributed by atoms with Crippen molar-refractivity contribution in [3.63, 3.8) is 0 Å². The maximum absolute atomic E-state index is 12.6. The first-order valence-electron chi connectivity index (χ1n) is 6.69.